The van der Waals surface area contributed by atoms with E-state index in [2.05, 4.69) is 109 Å². The molecule has 1 aliphatic rings. The van der Waals surface area contributed by atoms with Crippen LogP contribution < -0.4 is 0 Å². The number of carboxylic acids is 1. The zero-order valence-corrected chi connectivity index (χ0v) is 33.7. The minimum absolute atomic E-state index is 0.0406. The molecule has 1 fully saturated rings. The first-order chi connectivity index (χ1) is 26.1. The van der Waals surface area contributed by atoms with E-state index in [0.717, 1.165) is 83.6 Å². The number of carboxylic acid groups (broad SMARTS) is 1. The number of nitrogens with zero attached hydrogens (tertiary/aromatic N) is 1. The van der Waals surface area contributed by atoms with Gasteiger partial charge in [0.1, 0.15) is 0 Å². The molecule has 1 atom stereocenters. The van der Waals surface area contributed by atoms with Crippen LogP contribution >= 0.6 is 0 Å². The van der Waals surface area contributed by atoms with Gasteiger partial charge in [-0.3, -0.25) is 9.59 Å². The van der Waals surface area contributed by atoms with Crippen LogP contribution in [-0.2, 0) is 14.3 Å². The molecule has 53 heavy (non-hydrogen) atoms. The maximum Gasteiger partial charge on any atom is 0.305 e. The Hall–Kier alpha value is -3.18. The fraction of sp³-hybridized carbons (Fsp3) is 0.625. The second kappa shape index (κ2) is 38.5. The fourth-order valence-corrected chi connectivity index (χ4v) is 6.18. The van der Waals surface area contributed by atoms with Crippen LogP contribution in [-0.4, -0.2) is 48.2 Å². The van der Waals surface area contributed by atoms with E-state index in [0.29, 0.717) is 25.4 Å². The zero-order chi connectivity index (χ0) is 38.1. The van der Waals surface area contributed by atoms with E-state index >= 15 is 0 Å². The Balaban J connectivity index is 2.14. The molecule has 0 amide bonds. The molecular formula is C48H77NO4. The lowest BCUT2D eigenvalue weighted by atomic mass is 9.97. The Kier molecular flexibility index (Phi) is 34.8. The fourth-order valence-electron chi connectivity index (χ4n) is 6.18. The predicted molar refractivity (Wildman–Crippen MR) is 228 cm³/mol. The SMILES string of the molecule is CCCCC/C=C\C/C=C\C/C=C\C/C=C\CCCC(=O)OCC(CCCCC/C=C\C/C=C\C/C=C\C/C=C\CCCC(=O)O)CCN1CCCC1. The van der Waals surface area contributed by atoms with Gasteiger partial charge in [-0.1, -0.05) is 130 Å². The van der Waals surface area contributed by atoms with Crippen LogP contribution in [0.1, 0.15) is 161 Å². The summed E-state index contributed by atoms with van der Waals surface area (Å²) in [5.41, 5.74) is 0. The second-order valence-corrected chi connectivity index (χ2v) is 14.4. The molecular weight excluding hydrogens is 655 g/mol. The summed E-state index contributed by atoms with van der Waals surface area (Å²) >= 11 is 0. The molecule has 0 aromatic carbocycles. The Morgan fingerprint density at radius 1 is 0.547 bits per heavy atom. The van der Waals surface area contributed by atoms with Crippen molar-refractivity contribution >= 4 is 11.9 Å². The molecule has 1 aliphatic heterocycles. The molecule has 0 aromatic rings. The Labute approximate surface area is 325 Å². The molecule has 0 spiro atoms. The number of likely N-dealkylation sites (tertiary alicyclic amines) is 1. The van der Waals surface area contributed by atoms with E-state index in [-0.39, 0.29) is 12.4 Å². The number of esters is 1. The van der Waals surface area contributed by atoms with Crippen molar-refractivity contribution in [2.24, 2.45) is 5.92 Å². The molecule has 298 valence electrons. The van der Waals surface area contributed by atoms with Crippen LogP contribution in [0.2, 0.25) is 0 Å². The highest BCUT2D eigenvalue weighted by atomic mass is 16.5. The highest BCUT2D eigenvalue weighted by molar-refractivity contribution is 5.69. The molecule has 1 saturated heterocycles. The molecule has 0 radical (unpaired) electrons. The number of hydrogen-bond acceptors (Lipinski definition) is 4. The lowest BCUT2D eigenvalue weighted by Crippen LogP contribution is -2.24. The van der Waals surface area contributed by atoms with Crippen molar-refractivity contribution in [3.8, 4) is 0 Å². The smallest absolute Gasteiger partial charge is 0.305 e. The third kappa shape index (κ3) is 35.6. The molecule has 1 rings (SSSR count). The van der Waals surface area contributed by atoms with Gasteiger partial charge in [0.2, 0.25) is 0 Å². The number of unbranched alkanes of at least 4 members (excludes halogenated alkanes) is 8. The average molecular weight is 732 g/mol. The average Bonchev–Trinajstić information content (AvgIpc) is 3.68. The molecule has 1 N–H and O–H groups in total. The van der Waals surface area contributed by atoms with Crippen molar-refractivity contribution in [1.29, 1.82) is 0 Å². The van der Waals surface area contributed by atoms with E-state index in [9.17, 15) is 9.59 Å². The van der Waals surface area contributed by atoms with Gasteiger partial charge >= 0.3 is 11.9 Å². The van der Waals surface area contributed by atoms with Crippen molar-refractivity contribution in [1.82, 2.24) is 4.90 Å². The standard InChI is InChI=1S/C48H77NO4/c1-2-3-4-5-6-7-8-9-10-12-17-20-23-26-29-32-35-40-48(52)53-45-46(41-44-49-42-36-37-43-49)38-33-30-27-24-21-18-15-13-11-14-16-19-22-25-28-31-34-39-47(50)51/h6-7,9-11,13,16-21,25-26,28-29,46H,2-5,8,12,14-15,22-24,27,30-45H2,1H3,(H,50,51)/b7-6-,10-9-,13-11-,19-16-,20-17-,21-18-,28-25-,29-26-. The minimum Gasteiger partial charge on any atom is -0.481 e. The second-order valence-electron chi connectivity index (χ2n) is 14.4. The zero-order valence-electron chi connectivity index (χ0n) is 33.7. The number of aliphatic carboxylic acids is 1. The largest absolute Gasteiger partial charge is 0.481 e. The molecule has 0 aromatic heterocycles. The number of ether oxygens (including phenoxy) is 1. The van der Waals surface area contributed by atoms with Gasteiger partial charge in [0, 0.05) is 12.8 Å². The number of carbonyl (C=O) groups excluding carboxylic acids is 1. The molecule has 0 saturated carbocycles. The highest BCUT2D eigenvalue weighted by Crippen LogP contribution is 2.18. The van der Waals surface area contributed by atoms with Crippen LogP contribution in [0.3, 0.4) is 0 Å². The van der Waals surface area contributed by atoms with Gasteiger partial charge in [0.05, 0.1) is 6.61 Å². The van der Waals surface area contributed by atoms with Crippen LogP contribution in [0.4, 0.5) is 0 Å². The Bertz CT molecular complexity index is 1100. The van der Waals surface area contributed by atoms with Crippen LogP contribution in [0.5, 0.6) is 0 Å². The van der Waals surface area contributed by atoms with Gasteiger partial charge in [-0.2, -0.15) is 0 Å². The molecule has 5 heteroatoms. The van der Waals surface area contributed by atoms with Crippen LogP contribution in [0.25, 0.3) is 0 Å². The van der Waals surface area contributed by atoms with Gasteiger partial charge in [-0.25, -0.2) is 0 Å². The van der Waals surface area contributed by atoms with E-state index in [4.69, 9.17) is 9.84 Å². The first kappa shape index (κ1) is 47.8. The third-order valence-electron chi connectivity index (χ3n) is 9.47. The summed E-state index contributed by atoms with van der Waals surface area (Å²) in [5, 5.41) is 8.64. The van der Waals surface area contributed by atoms with Gasteiger partial charge in [-0.15, -0.1) is 0 Å². The summed E-state index contributed by atoms with van der Waals surface area (Å²) in [5.74, 6) is -0.302. The van der Waals surface area contributed by atoms with Gasteiger partial charge < -0.3 is 14.7 Å². The van der Waals surface area contributed by atoms with E-state index < -0.39 is 5.97 Å². The minimum atomic E-state index is -0.722. The Morgan fingerprint density at radius 2 is 0.981 bits per heavy atom. The summed E-state index contributed by atoms with van der Waals surface area (Å²) < 4.78 is 5.80. The lowest BCUT2D eigenvalue weighted by molar-refractivity contribution is -0.145. The highest BCUT2D eigenvalue weighted by Gasteiger charge is 2.16. The van der Waals surface area contributed by atoms with E-state index in [1.54, 1.807) is 0 Å². The first-order valence-corrected chi connectivity index (χ1v) is 21.4. The molecule has 5 nitrogen and oxygen atoms in total. The molecule has 1 heterocycles. The number of carbonyl (C=O) groups is 2. The van der Waals surface area contributed by atoms with E-state index in [1.165, 1.54) is 70.9 Å². The van der Waals surface area contributed by atoms with Crippen LogP contribution in [0.15, 0.2) is 97.2 Å². The molecule has 1 unspecified atom stereocenters. The van der Waals surface area contributed by atoms with Gasteiger partial charge in [0.25, 0.3) is 0 Å². The first-order valence-electron chi connectivity index (χ1n) is 21.4. The number of rotatable bonds is 35. The lowest BCUT2D eigenvalue weighted by Gasteiger charge is -2.21. The van der Waals surface area contributed by atoms with Crippen molar-refractivity contribution in [3.63, 3.8) is 0 Å². The summed E-state index contributed by atoms with van der Waals surface area (Å²) in [6.07, 6.45) is 60.0. The van der Waals surface area contributed by atoms with Gasteiger partial charge in [-0.05, 0) is 141 Å². The van der Waals surface area contributed by atoms with Crippen molar-refractivity contribution in [3.05, 3.63) is 97.2 Å². The van der Waals surface area contributed by atoms with Gasteiger partial charge in [0.15, 0.2) is 0 Å². The topological polar surface area (TPSA) is 66.8 Å². The van der Waals surface area contributed by atoms with Crippen molar-refractivity contribution in [2.75, 3.05) is 26.2 Å². The molecule has 0 bridgehead atoms. The summed E-state index contributed by atoms with van der Waals surface area (Å²) in [4.78, 5) is 25.6. The monoisotopic (exact) mass is 732 g/mol. The quantitative estimate of drug-likeness (QED) is 0.0399. The third-order valence-corrected chi connectivity index (χ3v) is 9.47. The summed E-state index contributed by atoms with van der Waals surface area (Å²) in [6.45, 7) is 6.39. The maximum absolute atomic E-state index is 12.5. The normalized spacial score (nSPS) is 15.1. The summed E-state index contributed by atoms with van der Waals surface area (Å²) in [6, 6.07) is 0. The molecule has 0 aliphatic carbocycles. The summed E-state index contributed by atoms with van der Waals surface area (Å²) in [7, 11) is 0. The number of hydrogen-bond donors (Lipinski definition) is 1. The van der Waals surface area contributed by atoms with Crippen molar-refractivity contribution in [2.45, 2.75) is 161 Å². The van der Waals surface area contributed by atoms with Crippen LogP contribution in [0, 0.1) is 5.92 Å². The van der Waals surface area contributed by atoms with E-state index in [1.807, 2.05) is 0 Å². The van der Waals surface area contributed by atoms with Crippen molar-refractivity contribution < 1.29 is 19.4 Å². The Morgan fingerprint density at radius 3 is 1.45 bits per heavy atom. The predicted octanol–water partition coefficient (Wildman–Crippen LogP) is 13.4. The number of allylic oxidation sites excluding steroid dienone is 16. The maximum atomic E-state index is 12.5.